The summed E-state index contributed by atoms with van der Waals surface area (Å²) in [5.41, 5.74) is 1.06. The van der Waals surface area contributed by atoms with Crippen LogP contribution in [-0.2, 0) is 4.74 Å². The molecule has 0 atom stereocenters. The molecule has 0 aromatic heterocycles. The van der Waals surface area contributed by atoms with Crippen molar-refractivity contribution in [3.05, 3.63) is 12.2 Å². The van der Waals surface area contributed by atoms with E-state index in [1.165, 1.54) is 25.7 Å². The Bertz CT molecular complexity index is 112. The molecule has 72 valence electrons. The van der Waals surface area contributed by atoms with Gasteiger partial charge in [-0.1, -0.05) is 32.8 Å². The van der Waals surface area contributed by atoms with Crippen LogP contribution in [-0.4, -0.2) is 19.0 Å². The van der Waals surface area contributed by atoms with E-state index in [9.17, 15) is 0 Å². The van der Waals surface area contributed by atoms with E-state index in [1.54, 1.807) is 0 Å². The van der Waals surface area contributed by atoms with Crippen molar-refractivity contribution in [2.75, 3.05) is 19.0 Å². The number of hydrogen-bond donors (Lipinski definition) is 1. The first-order valence-corrected chi connectivity index (χ1v) is 5.29. The summed E-state index contributed by atoms with van der Waals surface area (Å²) in [6.07, 6.45) is 5.05. The molecule has 0 saturated heterocycles. The van der Waals surface area contributed by atoms with E-state index in [-0.39, 0.29) is 0 Å². The summed E-state index contributed by atoms with van der Waals surface area (Å²) < 4.78 is 5.38. The lowest BCUT2D eigenvalue weighted by Crippen LogP contribution is -2.00. The standard InChI is InChI=1S/C10H20OS/c1-3-4-5-6-7-11-8-10(2)9-12/h12H,2-9H2,1H3. The Labute approximate surface area is 81.6 Å². The molecule has 0 aliphatic carbocycles. The number of thiol groups is 1. The molecule has 12 heavy (non-hydrogen) atoms. The highest BCUT2D eigenvalue weighted by atomic mass is 32.1. The van der Waals surface area contributed by atoms with E-state index in [0.717, 1.165) is 17.9 Å². The molecule has 1 nitrogen and oxygen atoms in total. The Morgan fingerprint density at radius 3 is 2.67 bits per heavy atom. The lowest BCUT2D eigenvalue weighted by atomic mass is 10.2. The molecule has 0 N–H and O–H groups in total. The third kappa shape index (κ3) is 8.15. The van der Waals surface area contributed by atoms with Gasteiger partial charge in [0.2, 0.25) is 0 Å². The highest BCUT2D eigenvalue weighted by molar-refractivity contribution is 7.80. The van der Waals surface area contributed by atoms with E-state index in [4.69, 9.17) is 4.74 Å². The molecular formula is C10H20OS. The minimum absolute atomic E-state index is 0.676. The van der Waals surface area contributed by atoms with Crippen molar-refractivity contribution in [2.24, 2.45) is 0 Å². The molecule has 0 heterocycles. The van der Waals surface area contributed by atoms with Gasteiger partial charge < -0.3 is 4.74 Å². The zero-order chi connectivity index (χ0) is 9.23. The summed E-state index contributed by atoms with van der Waals surface area (Å²) in [7, 11) is 0. The summed E-state index contributed by atoms with van der Waals surface area (Å²) in [6.45, 7) is 7.56. The molecule has 0 aliphatic rings. The van der Waals surface area contributed by atoms with E-state index in [0.29, 0.717) is 6.61 Å². The van der Waals surface area contributed by atoms with Crippen molar-refractivity contribution >= 4 is 12.6 Å². The van der Waals surface area contributed by atoms with Gasteiger partial charge in [0, 0.05) is 12.4 Å². The van der Waals surface area contributed by atoms with Crippen LogP contribution < -0.4 is 0 Å². The molecular weight excluding hydrogens is 168 g/mol. The van der Waals surface area contributed by atoms with Gasteiger partial charge in [0.05, 0.1) is 6.61 Å². The first-order valence-electron chi connectivity index (χ1n) is 4.66. The Morgan fingerprint density at radius 1 is 1.33 bits per heavy atom. The van der Waals surface area contributed by atoms with Crippen LogP contribution in [0.25, 0.3) is 0 Å². The van der Waals surface area contributed by atoms with Crippen molar-refractivity contribution in [1.29, 1.82) is 0 Å². The molecule has 0 spiro atoms. The summed E-state index contributed by atoms with van der Waals surface area (Å²) >= 11 is 4.09. The maximum Gasteiger partial charge on any atom is 0.0682 e. The lowest BCUT2D eigenvalue weighted by molar-refractivity contribution is 0.152. The third-order valence-electron chi connectivity index (χ3n) is 1.67. The summed E-state index contributed by atoms with van der Waals surface area (Å²) in [4.78, 5) is 0. The molecule has 0 radical (unpaired) electrons. The van der Waals surface area contributed by atoms with Crippen molar-refractivity contribution in [3.63, 3.8) is 0 Å². The highest BCUT2D eigenvalue weighted by Gasteiger charge is 1.91. The van der Waals surface area contributed by atoms with Crippen molar-refractivity contribution in [2.45, 2.75) is 32.6 Å². The van der Waals surface area contributed by atoms with Crippen LogP contribution in [0.3, 0.4) is 0 Å². The Hall–Kier alpha value is 0.0500. The van der Waals surface area contributed by atoms with Crippen LogP contribution in [0.5, 0.6) is 0 Å². The van der Waals surface area contributed by atoms with Crippen molar-refractivity contribution in [3.8, 4) is 0 Å². The fraction of sp³-hybridized carbons (Fsp3) is 0.800. The van der Waals surface area contributed by atoms with Gasteiger partial charge in [-0.2, -0.15) is 12.6 Å². The lowest BCUT2D eigenvalue weighted by Gasteiger charge is -2.04. The molecule has 0 saturated carbocycles. The minimum atomic E-state index is 0.676. The maximum absolute atomic E-state index is 5.38. The van der Waals surface area contributed by atoms with Gasteiger partial charge in [-0.15, -0.1) is 0 Å². The number of hydrogen-bond acceptors (Lipinski definition) is 2. The second-order valence-corrected chi connectivity index (χ2v) is 3.34. The van der Waals surface area contributed by atoms with Crippen molar-refractivity contribution < 1.29 is 4.74 Å². The van der Waals surface area contributed by atoms with Crippen LogP contribution in [0.4, 0.5) is 0 Å². The van der Waals surface area contributed by atoms with Crippen LogP contribution in [0, 0.1) is 0 Å². The first-order chi connectivity index (χ1) is 5.81. The number of rotatable bonds is 8. The van der Waals surface area contributed by atoms with Crippen LogP contribution >= 0.6 is 12.6 Å². The molecule has 0 rings (SSSR count). The Balaban J connectivity index is 2.95. The monoisotopic (exact) mass is 188 g/mol. The topological polar surface area (TPSA) is 9.23 Å². The quantitative estimate of drug-likeness (QED) is 0.350. The van der Waals surface area contributed by atoms with Gasteiger partial charge in [-0.3, -0.25) is 0 Å². The van der Waals surface area contributed by atoms with Gasteiger partial charge in [-0.25, -0.2) is 0 Å². The molecule has 0 fully saturated rings. The van der Waals surface area contributed by atoms with Gasteiger partial charge >= 0.3 is 0 Å². The smallest absolute Gasteiger partial charge is 0.0682 e. The predicted molar refractivity (Wildman–Crippen MR) is 58.0 cm³/mol. The molecule has 0 aliphatic heterocycles. The average Bonchev–Trinajstić information content (AvgIpc) is 2.10. The molecule has 0 unspecified atom stereocenters. The van der Waals surface area contributed by atoms with Gasteiger partial charge in [-0.05, 0) is 12.0 Å². The average molecular weight is 188 g/mol. The summed E-state index contributed by atoms with van der Waals surface area (Å²) in [6, 6.07) is 0. The van der Waals surface area contributed by atoms with Crippen LogP contribution in [0.2, 0.25) is 0 Å². The minimum Gasteiger partial charge on any atom is -0.377 e. The van der Waals surface area contributed by atoms with Crippen molar-refractivity contribution in [1.82, 2.24) is 0 Å². The summed E-state index contributed by atoms with van der Waals surface area (Å²) in [5.74, 6) is 0.731. The largest absolute Gasteiger partial charge is 0.377 e. The first kappa shape index (κ1) is 12.0. The molecule has 2 heteroatoms. The third-order valence-corrected chi connectivity index (χ3v) is 2.12. The Morgan fingerprint density at radius 2 is 2.08 bits per heavy atom. The highest BCUT2D eigenvalue weighted by Crippen LogP contribution is 2.00. The van der Waals surface area contributed by atoms with E-state index in [2.05, 4.69) is 26.1 Å². The fourth-order valence-corrected chi connectivity index (χ4v) is 0.984. The SMILES string of the molecule is C=C(CS)COCCCCCC. The second kappa shape index (κ2) is 9.14. The molecule has 0 amide bonds. The van der Waals surface area contributed by atoms with E-state index < -0.39 is 0 Å². The zero-order valence-electron chi connectivity index (χ0n) is 8.01. The fourth-order valence-electron chi connectivity index (χ4n) is 0.893. The van der Waals surface area contributed by atoms with E-state index in [1.807, 2.05) is 0 Å². The second-order valence-electron chi connectivity index (χ2n) is 3.02. The molecule has 0 bridgehead atoms. The predicted octanol–water partition coefficient (Wildman–Crippen LogP) is 3.07. The van der Waals surface area contributed by atoms with Gasteiger partial charge in [0.25, 0.3) is 0 Å². The number of ether oxygens (including phenoxy) is 1. The van der Waals surface area contributed by atoms with Crippen LogP contribution in [0.15, 0.2) is 12.2 Å². The molecule has 0 aromatic carbocycles. The number of unbranched alkanes of at least 4 members (excludes halogenated alkanes) is 3. The van der Waals surface area contributed by atoms with Gasteiger partial charge in [0.15, 0.2) is 0 Å². The normalized spacial score (nSPS) is 10.2. The van der Waals surface area contributed by atoms with Gasteiger partial charge in [0.1, 0.15) is 0 Å². The van der Waals surface area contributed by atoms with Crippen LogP contribution in [0.1, 0.15) is 32.6 Å². The zero-order valence-corrected chi connectivity index (χ0v) is 8.91. The maximum atomic E-state index is 5.38. The molecule has 0 aromatic rings. The Kier molecular flexibility index (Phi) is 9.18. The van der Waals surface area contributed by atoms with E-state index >= 15 is 0 Å². The summed E-state index contributed by atoms with van der Waals surface area (Å²) in [5, 5.41) is 0.